The van der Waals surface area contributed by atoms with Gasteiger partial charge in [-0.05, 0) is 24.3 Å². The second kappa shape index (κ2) is 7.07. The van der Waals surface area contributed by atoms with Crippen molar-refractivity contribution >= 4 is 23.2 Å². The Hall–Kier alpha value is -3.09. The fourth-order valence-corrected chi connectivity index (χ4v) is 1.72. The SMILES string of the molecule is COc1ccc(OC)c(NC(=O)C(=O)Nc2cccnc2)c1. The van der Waals surface area contributed by atoms with Crippen molar-refractivity contribution in [1.29, 1.82) is 0 Å². The third-order valence-corrected chi connectivity index (χ3v) is 2.78. The van der Waals surface area contributed by atoms with Crippen LogP contribution >= 0.6 is 0 Å². The molecule has 22 heavy (non-hydrogen) atoms. The molecule has 0 saturated carbocycles. The van der Waals surface area contributed by atoms with Crippen LogP contribution in [0.5, 0.6) is 11.5 Å². The average molecular weight is 301 g/mol. The van der Waals surface area contributed by atoms with E-state index in [1.807, 2.05) is 0 Å². The Balaban J connectivity index is 2.09. The highest BCUT2D eigenvalue weighted by molar-refractivity contribution is 6.43. The number of nitrogens with zero attached hydrogens (tertiary/aromatic N) is 1. The lowest BCUT2D eigenvalue weighted by molar-refractivity contribution is -0.133. The zero-order valence-electron chi connectivity index (χ0n) is 12.1. The Morgan fingerprint density at radius 2 is 1.82 bits per heavy atom. The maximum atomic E-state index is 11.9. The summed E-state index contributed by atoms with van der Waals surface area (Å²) in [7, 11) is 2.97. The molecule has 0 aliphatic rings. The summed E-state index contributed by atoms with van der Waals surface area (Å²) in [5, 5.41) is 4.92. The highest BCUT2D eigenvalue weighted by atomic mass is 16.5. The van der Waals surface area contributed by atoms with Gasteiger partial charge in [0.15, 0.2) is 0 Å². The highest BCUT2D eigenvalue weighted by Crippen LogP contribution is 2.28. The Morgan fingerprint density at radius 1 is 1.05 bits per heavy atom. The van der Waals surface area contributed by atoms with E-state index in [2.05, 4.69) is 15.6 Å². The molecule has 2 amide bonds. The number of benzene rings is 1. The quantitative estimate of drug-likeness (QED) is 0.839. The molecule has 0 fully saturated rings. The number of pyridine rings is 1. The maximum Gasteiger partial charge on any atom is 0.314 e. The molecule has 2 aromatic rings. The molecule has 1 aromatic heterocycles. The van der Waals surface area contributed by atoms with Gasteiger partial charge < -0.3 is 20.1 Å². The van der Waals surface area contributed by atoms with Gasteiger partial charge in [0.2, 0.25) is 0 Å². The fraction of sp³-hybridized carbons (Fsp3) is 0.133. The number of anilines is 2. The van der Waals surface area contributed by atoms with Crippen molar-refractivity contribution in [2.45, 2.75) is 0 Å². The van der Waals surface area contributed by atoms with Crippen LogP contribution in [0.25, 0.3) is 0 Å². The summed E-state index contributed by atoms with van der Waals surface area (Å²) >= 11 is 0. The summed E-state index contributed by atoms with van der Waals surface area (Å²) in [6.07, 6.45) is 3.01. The van der Waals surface area contributed by atoms with Crippen LogP contribution in [-0.2, 0) is 9.59 Å². The Kier molecular flexibility index (Phi) is 4.92. The summed E-state index contributed by atoms with van der Waals surface area (Å²) in [6.45, 7) is 0. The van der Waals surface area contributed by atoms with E-state index in [0.29, 0.717) is 22.9 Å². The van der Waals surface area contributed by atoms with Crippen LogP contribution in [0.2, 0.25) is 0 Å². The van der Waals surface area contributed by atoms with Gasteiger partial charge in [-0.3, -0.25) is 14.6 Å². The average Bonchev–Trinajstić information content (AvgIpc) is 2.55. The Bertz CT molecular complexity index is 674. The molecule has 0 radical (unpaired) electrons. The molecule has 0 aliphatic carbocycles. The Morgan fingerprint density at radius 3 is 2.45 bits per heavy atom. The molecule has 1 heterocycles. The van der Waals surface area contributed by atoms with Crippen molar-refractivity contribution in [2.75, 3.05) is 24.9 Å². The molecule has 0 bridgehead atoms. The number of carbonyl (C=O) groups is 2. The minimum atomic E-state index is -0.824. The van der Waals surface area contributed by atoms with Gasteiger partial charge in [0.1, 0.15) is 11.5 Å². The highest BCUT2D eigenvalue weighted by Gasteiger charge is 2.16. The minimum absolute atomic E-state index is 0.341. The number of amides is 2. The number of carbonyl (C=O) groups excluding carboxylic acids is 2. The van der Waals surface area contributed by atoms with Crippen molar-refractivity contribution in [1.82, 2.24) is 4.98 Å². The van der Waals surface area contributed by atoms with Crippen LogP contribution in [-0.4, -0.2) is 31.0 Å². The summed E-state index contributed by atoms with van der Waals surface area (Å²) in [6, 6.07) is 8.16. The lowest BCUT2D eigenvalue weighted by atomic mass is 10.2. The number of hydrogen-bond acceptors (Lipinski definition) is 5. The number of aromatic nitrogens is 1. The van der Waals surface area contributed by atoms with Gasteiger partial charge in [0, 0.05) is 12.3 Å². The first-order valence-electron chi connectivity index (χ1n) is 6.38. The molecule has 2 rings (SSSR count). The predicted octanol–water partition coefficient (Wildman–Crippen LogP) is 1.68. The lowest BCUT2D eigenvalue weighted by Gasteiger charge is -2.11. The van der Waals surface area contributed by atoms with E-state index in [4.69, 9.17) is 9.47 Å². The van der Waals surface area contributed by atoms with Crippen molar-refractivity contribution < 1.29 is 19.1 Å². The van der Waals surface area contributed by atoms with Crippen molar-refractivity contribution in [3.8, 4) is 11.5 Å². The number of hydrogen-bond donors (Lipinski definition) is 2. The zero-order valence-corrected chi connectivity index (χ0v) is 12.1. The van der Waals surface area contributed by atoms with Crippen LogP contribution in [0.4, 0.5) is 11.4 Å². The summed E-state index contributed by atoms with van der Waals surface area (Å²) in [5.74, 6) is -0.680. The molecule has 1 aromatic carbocycles. The van der Waals surface area contributed by atoms with Crippen molar-refractivity contribution in [3.63, 3.8) is 0 Å². The first-order chi connectivity index (χ1) is 10.6. The minimum Gasteiger partial charge on any atom is -0.497 e. The number of methoxy groups -OCH3 is 2. The number of rotatable bonds is 4. The van der Waals surface area contributed by atoms with Gasteiger partial charge in [-0.25, -0.2) is 0 Å². The second-order valence-corrected chi connectivity index (χ2v) is 4.22. The van der Waals surface area contributed by atoms with Crippen LogP contribution < -0.4 is 20.1 Å². The van der Waals surface area contributed by atoms with E-state index in [1.165, 1.54) is 20.4 Å². The van der Waals surface area contributed by atoms with E-state index in [1.54, 1.807) is 36.5 Å². The summed E-state index contributed by atoms with van der Waals surface area (Å²) in [5.41, 5.74) is 0.772. The smallest absolute Gasteiger partial charge is 0.314 e. The van der Waals surface area contributed by atoms with Gasteiger partial charge in [-0.15, -0.1) is 0 Å². The van der Waals surface area contributed by atoms with Crippen molar-refractivity contribution in [3.05, 3.63) is 42.7 Å². The molecule has 0 spiro atoms. The monoisotopic (exact) mass is 301 g/mol. The van der Waals surface area contributed by atoms with E-state index in [9.17, 15) is 9.59 Å². The van der Waals surface area contributed by atoms with E-state index in [0.717, 1.165) is 0 Å². The first-order valence-corrected chi connectivity index (χ1v) is 6.38. The Labute approximate surface area is 127 Å². The van der Waals surface area contributed by atoms with E-state index >= 15 is 0 Å². The van der Waals surface area contributed by atoms with E-state index < -0.39 is 11.8 Å². The first kappa shape index (κ1) is 15.3. The standard InChI is InChI=1S/C15H15N3O4/c1-21-11-5-6-13(22-2)12(8-11)18-15(20)14(19)17-10-4-3-7-16-9-10/h3-9H,1-2H3,(H,17,19)(H,18,20). The number of ether oxygens (including phenoxy) is 2. The molecule has 2 N–H and O–H groups in total. The number of nitrogens with one attached hydrogen (secondary N) is 2. The third kappa shape index (κ3) is 3.72. The van der Waals surface area contributed by atoms with Crippen LogP contribution in [0, 0.1) is 0 Å². The topological polar surface area (TPSA) is 89.5 Å². The summed E-state index contributed by atoms with van der Waals surface area (Å²) < 4.78 is 10.2. The van der Waals surface area contributed by atoms with Gasteiger partial charge in [-0.1, -0.05) is 0 Å². The van der Waals surface area contributed by atoms with Crippen molar-refractivity contribution in [2.24, 2.45) is 0 Å². The molecule has 0 unspecified atom stereocenters. The fourth-order valence-electron chi connectivity index (χ4n) is 1.72. The predicted molar refractivity (Wildman–Crippen MR) is 81.0 cm³/mol. The van der Waals surface area contributed by atoms with Crippen LogP contribution in [0.15, 0.2) is 42.7 Å². The molecular weight excluding hydrogens is 286 g/mol. The molecular formula is C15H15N3O4. The third-order valence-electron chi connectivity index (χ3n) is 2.78. The molecule has 0 saturated heterocycles. The van der Waals surface area contributed by atoms with E-state index in [-0.39, 0.29) is 0 Å². The van der Waals surface area contributed by atoms with Crippen LogP contribution in [0.1, 0.15) is 0 Å². The van der Waals surface area contributed by atoms with Gasteiger partial charge in [0.25, 0.3) is 0 Å². The normalized spacial score (nSPS) is 9.73. The molecule has 0 atom stereocenters. The second-order valence-electron chi connectivity index (χ2n) is 4.22. The van der Waals surface area contributed by atoms with Crippen LogP contribution in [0.3, 0.4) is 0 Å². The molecule has 7 nitrogen and oxygen atoms in total. The largest absolute Gasteiger partial charge is 0.497 e. The van der Waals surface area contributed by atoms with Gasteiger partial charge in [0.05, 0.1) is 31.8 Å². The molecule has 7 heteroatoms. The van der Waals surface area contributed by atoms with Gasteiger partial charge >= 0.3 is 11.8 Å². The van der Waals surface area contributed by atoms with Gasteiger partial charge in [-0.2, -0.15) is 0 Å². The zero-order chi connectivity index (χ0) is 15.9. The summed E-state index contributed by atoms with van der Waals surface area (Å²) in [4.78, 5) is 27.6. The molecule has 0 aliphatic heterocycles. The molecule has 114 valence electrons. The maximum absolute atomic E-state index is 11.9. The lowest BCUT2D eigenvalue weighted by Crippen LogP contribution is -2.29.